The van der Waals surface area contributed by atoms with Crippen LogP contribution in [0.2, 0.25) is 0 Å². The van der Waals surface area contributed by atoms with E-state index in [9.17, 15) is 23.1 Å². The van der Waals surface area contributed by atoms with E-state index in [2.05, 4.69) is 4.72 Å². The Labute approximate surface area is 130 Å². The highest BCUT2D eigenvalue weighted by Crippen LogP contribution is 2.29. The molecule has 2 N–H and O–H groups in total. The minimum atomic E-state index is -3.63. The number of carbonyl (C=O) groups is 2. The number of carboxylic acids is 1. The molecule has 1 rings (SSSR count). The number of hydrogen-bond donors (Lipinski definition) is 2. The van der Waals surface area contributed by atoms with Gasteiger partial charge in [-0.05, 0) is 33.6 Å². The van der Waals surface area contributed by atoms with Crippen LogP contribution < -0.4 is 4.72 Å². The van der Waals surface area contributed by atoms with E-state index in [4.69, 9.17) is 4.74 Å². The minimum absolute atomic E-state index is 0.0394. The maximum atomic E-state index is 12.1. The monoisotopic (exact) mass is 336 g/mol. The predicted octanol–water partition coefficient (Wildman–Crippen LogP) is -0.203. The van der Waals surface area contributed by atoms with Crippen LogP contribution in [0.25, 0.3) is 0 Å². The Balaban J connectivity index is 2.53. The normalized spacial score (nSPS) is 22.3. The van der Waals surface area contributed by atoms with Crippen LogP contribution in [0, 0.1) is 0 Å². The van der Waals surface area contributed by atoms with Crippen molar-refractivity contribution in [3.63, 3.8) is 0 Å². The number of amides is 1. The zero-order valence-electron chi connectivity index (χ0n) is 13.2. The summed E-state index contributed by atoms with van der Waals surface area (Å²) < 4.78 is 30.8. The number of ether oxygens (including phenoxy) is 1. The first-order valence-corrected chi connectivity index (χ1v) is 8.86. The molecule has 1 saturated heterocycles. The minimum Gasteiger partial charge on any atom is -0.480 e. The summed E-state index contributed by atoms with van der Waals surface area (Å²) in [6.45, 7) is 4.99. The molecule has 1 heterocycles. The average molecular weight is 336 g/mol. The van der Waals surface area contributed by atoms with Gasteiger partial charge in [-0.15, -0.1) is 0 Å². The summed E-state index contributed by atoms with van der Waals surface area (Å²) in [4.78, 5) is 24.6. The van der Waals surface area contributed by atoms with Crippen LogP contribution in [-0.2, 0) is 24.3 Å². The summed E-state index contributed by atoms with van der Waals surface area (Å²) in [6.07, 6.45) is 0.879. The lowest BCUT2D eigenvalue weighted by Gasteiger charge is -2.31. The fourth-order valence-corrected chi connectivity index (χ4v) is 3.12. The molecule has 128 valence electrons. The molecule has 9 heteroatoms. The van der Waals surface area contributed by atoms with Crippen LogP contribution >= 0.6 is 0 Å². The number of rotatable bonds is 8. The molecule has 0 spiro atoms. The van der Waals surface area contributed by atoms with Gasteiger partial charge in [0, 0.05) is 6.54 Å². The Morgan fingerprint density at radius 1 is 1.41 bits per heavy atom. The second-order valence-electron chi connectivity index (χ2n) is 5.79. The van der Waals surface area contributed by atoms with E-state index < -0.39 is 34.0 Å². The molecule has 0 aliphatic carbocycles. The van der Waals surface area contributed by atoms with Gasteiger partial charge in [-0.2, -0.15) is 0 Å². The fourth-order valence-electron chi connectivity index (χ4n) is 2.32. The maximum absolute atomic E-state index is 12.1. The number of nitrogens with zero attached hydrogens (tertiary/aromatic N) is 1. The van der Waals surface area contributed by atoms with Crippen molar-refractivity contribution < 1.29 is 27.9 Å². The van der Waals surface area contributed by atoms with Crippen molar-refractivity contribution in [3.05, 3.63) is 0 Å². The molecule has 0 aromatic carbocycles. The van der Waals surface area contributed by atoms with Crippen molar-refractivity contribution in [3.8, 4) is 0 Å². The van der Waals surface area contributed by atoms with Gasteiger partial charge in [0.25, 0.3) is 0 Å². The summed E-state index contributed by atoms with van der Waals surface area (Å²) in [7, 11) is -3.63. The summed E-state index contributed by atoms with van der Waals surface area (Å²) >= 11 is 0. The predicted molar refractivity (Wildman–Crippen MR) is 79.9 cm³/mol. The van der Waals surface area contributed by atoms with Gasteiger partial charge in [-0.1, -0.05) is 0 Å². The summed E-state index contributed by atoms with van der Waals surface area (Å²) in [5, 5.41) is 9.24. The number of sulfonamides is 1. The van der Waals surface area contributed by atoms with Crippen LogP contribution in [0.1, 0.15) is 33.6 Å². The highest BCUT2D eigenvalue weighted by molar-refractivity contribution is 7.89. The van der Waals surface area contributed by atoms with E-state index in [-0.39, 0.29) is 18.5 Å². The van der Waals surface area contributed by atoms with E-state index in [1.165, 1.54) is 11.8 Å². The molecule has 1 unspecified atom stereocenters. The highest BCUT2D eigenvalue weighted by atomic mass is 32.2. The molecule has 0 saturated carbocycles. The number of nitrogens with one attached hydrogen (secondary N) is 1. The van der Waals surface area contributed by atoms with Crippen molar-refractivity contribution in [1.29, 1.82) is 0 Å². The van der Waals surface area contributed by atoms with Gasteiger partial charge < -0.3 is 14.7 Å². The Bertz CT molecular complexity index is 519. The van der Waals surface area contributed by atoms with Crippen LogP contribution in [0.3, 0.4) is 0 Å². The van der Waals surface area contributed by atoms with Gasteiger partial charge >= 0.3 is 5.97 Å². The molecular weight excluding hydrogens is 312 g/mol. The lowest BCUT2D eigenvalue weighted by molar-refractivity contribution is -0.154. The Morgan fingerprint density at radius 3 is 2.59 bits per heavy atom. The molecule has 1 aliphatic heterocycles. The van der Waals surface area contributed by atoms with Crippen LogP contribution in [0.15, 0.2) is 0 Å². The highest BCUT2D eigenvalue weighted by Gasteiger charge is 2.45. The largest absolute Gasteiger partial charge is 0.480 e. The van der Waals surface area contributed by atoms with Crippen LogP contribution in [0.4, 0.5) is 0 Å². The number of hydrogen-bond acceptors (Lipinski definition) is 5. The lowest BCUT2D eigenvalue weighted by atomic mass is 9.99. The molecule has 1 aliphatic rings. The smallest absolute Gasteiger partial charge is 0.329 e. The molecular formula is C13H24N2O6S. The fraction of sp³-hybridized carbons (Fsp3) is 0.846. The van der Waals surface area contributed by atoms with Crippen LogP contribution in [0.5, 0.6) is 0 Å². The van der Waals surface area contributed by atoms with Crippen LogP contribution in [-0.4, -0.2) is 67.4 Å². The SMILES string of the molecule is CC(C)OCCS(=O)(=O)NCC(=O)N1CCCC1(C)C(=O)O. The van der Waals surface area contributed by atoms with Crippen molar-refractivity contribution in [2.24, 2.45) is 0 Å². The number of likely N-dealkylation sites (tertiary alicyclic amines) is 1. The van der Waals surface area contributed by atoms with Crippen molar-refractivity contribution in [2.45, 2.75) is 45.3 Å². The molecule has 0 aromatic heterocycles. The molecule has 0 bridgehead atoms. The molecule has 0 aromatic rings. The first-order valence-electron chi connectivity index (χ1n) is 7.21. The Kier molecular flexibility index (Phi) is 6.33. The molecule has 22 heavy (non-hydrogen) atoms. The lowest BCUT2D eigenvalue weighted by Crippen LogP contribution is -2.53. The average Bonchev–Trinajstić information content (AvgIpc) is 2.79. The number of carbonyl (C=O) groups excluding carboxylic acids is 1. The first kappa shape index (κ1) is 18.9. The third kappa shape index (κ3) is 4.92. The van der Waals surface area contributed by atoms with E-state index in [1.54, 1.807) is 13.8 Å². The van der Waals surface area contributed by atoms with Gasteiger partial charge in [-0.25, -0.2) is 17.9 Å². The summed E-state index contributed by atoms with van der Waals surface area (Å²) in [5.74, 6) is -1.85. The van der Waals surface area contributed by atoms with Crippen molar-refractivity contribution in [1.82, 2.24) is 9.62 Å². The van der Waals surface area contributed by atoms with E-state index in [0.717, 1.165) is 0 Å². The van der Waals surface area contributed by atoms with E-state index in [0.29, 0.717) is 19.4 Å². The van der Waals surface area contributed by atoms with Crippen molar-refractivity contribution in [2.75, 3.05) is 25.4 Å². The molecule has 0 radical (unpaired) electrons. The zero-order chi connectivity index (χ0) is 17.0. The second kappa shape index (κ2) is 7.38. The quantitative estimate of drug-likeness (QED) is 0.634. The topological polar surface area (TPSA) is 113 Å². The maximum Gasteiger partial charge on any atom is 0.329 e. The number of aliphatic carboxylic acids is 1. The second-order valence-corrected chi connectivity index (χ2v) is 7.71. The van der Waals surface area contributed by atoms with E-state index in [1.807, 2.05) is 0 Å². The van der Waals surface area contributed by atoms with Gasteiger partial charge in [0.1, 0.15) is 5.54 Å². The molecule has 1 atom stereocenters. The zero-order valence-corrected chi connectivity index (χ0v) is 14.0. The number of carboxylic acid groups (broad SMARTS) is 1. The summed E-state index contributed by atoms with van der Waals surface area (Å²) in [5.41, 5.74) is -1.26. The Hall–Kier alpha value is -1.19. The van der Waals surface area contributed by atoms with Gasteiger partial charge in [-0.3, -0.25) is 4.79 Å². The molecule has 1 fully saturated rings. The van der Waals surface area contributed by atoms with Gasteiger partial charge in [0.05, 0.1) is 25.0 Å². The molecule has 1 amide bonds. The van der Waals surface area contributed by atoms with Gasteiger partial charge in [0.15, 0.2) is 0 Å². The van der Waals surface area contributed by atoms with Crippen molar-refractivity contribution >= 4 is 21.9 Å². The molecule has 8 nitrogen and oxygen atoms in total. The standard InChI is InChI=1S/C13H24N2O6S/c1-10(2)21-7-8-22(19,20)14-9-11(16)15-6-4-5-13(15,3)12(17)18/h10,14H,4-9H2,1-3H3,(H,17,18). The third-order valence-corrected chi connectivity index (χ3v) is 4.94. The Morgan fingerprint density at radius 2 is 2.05 bits per heavy atom. The third-order valence-electron chi connectivity index (χ3n) is 3.65. The first-order chi connectivity index (χ1) is 10.1. The summed E-state index contributed by atoms with van der Waals surface area (Å²) in [6, 6.07) is 0. The van der Waals surface area contributed by atoms with E-state index >= 15 is 0 Å². The van der Waals surface area contributed by atoms with Gasteiger partial charge in [0.2, 0.25) is 15.9 Å².